The second-order valence-corrected chi connectivity index (χ2v) is 4.66. The molecule has 0 amide bonds. The zero-order chi connectivity index (χ0) is 10.3. The van der Waals surface area contributed by atoms with Crippen LogP contribution in [0.2, 0.25) is 0 Å². The van der Waals surface area contributed by atoms with Crippen molar-refractivity contribution in [1.82, 2.24) is 9.78 Å². The summed E-state index contributed by atoms with van der Waals surface area (Å²) in [4.78, 5) is 0. The van der Waals surface area contributed by atoms with E-state index < -0.39 is 4.12 Å². The fourth-order valence-electron chi connectivity index (χ4n) is 1.38. The van der Waals surface area contributed by atoms with E-state index in [1.807, 2.05) is 31.4 Å². The average molecular weight is 245 g/mol. The minimum Gasteiger partial charge on any atom is -0.275 e. The predicted molar refractivity (Wildman–Crippen MR) is 62.8 cm³/mol. The zero-order valence-corrected chi connectivity index (χ0v) is 9.32. The normalized spacial score (nSPS) is 12.1. The SMILES string of the molecule is [B]C([B])(Br)c1ccc2cn(C)nc2c1. The van der Waals surface area contributed by atoms with Crippen molar-refractivity contribution in [3.05, 3.63) is 30.0 Å². The molecule has 5 heteroatoms. The van der Waals surface area contributed by atoms with E-state index >= 15 is 0 Å². The van der Waals surface area contributed by atoms with Gasteiger partial charge in [-0.1, -0.05) is 12.1 Å². The monoisotopic (exact) mass is 244 g/mol. The van der Waals surface area contributed by atoms with Gasteiger partial charge in [0.25, 0.3) is 0 Å². The molecule has 2 nitrogen and oxygen atoms in total. The predicted octanol–water partition coefficient (Wildman–Crippen LogP) is 1.42. The summed E-state index contributed by atoms with van der Waals surface area (Å²) in [5.74, 6) is 0. The minimum absolute atomic E-state index is 0.809. The Bertz CT molecular complexity index is 473. The van der Waals surface area contributed by atoms with Gasteiger partial charge in [0.2, 0.25) is 0 Å². The summed E-state index contributed by atoms with van der Waals surface area (Å²) in [5.41, 5.74) is 1.70. The number of benzene rings is 1. The van der Waals surface area contributed by atoms with Gasteiger partial charge in [-0.2, -0.15) is 5.10 Å². The molecule has 0 unspecified atom stereocenters. The highest BCUT2D eigenvalue weighted by molar-refractivity contribution is 9.10. The van der Waals surface area contributed by atoms with Gasteiger partial charge in [-0.15, -0.1) is 15.9 Å². The molecule has 0 saturated carbocycles. The van der Waals surface area contributed by atoms with Crippen LogP contribution in [0, 0.1) is 0 Å². The topological polar surface area (TPSA) is 17.8 Å². The molecule has 14 heavy (non-hydrogen) atoms. The molecule has 66 valence electrons. The van der Waals surface area contributed by atoms with Crippen molar-refractivity contribution in [1.29, 1.82) is 0 Å². The van der Waals surface area contributed by atoms with Crippen molar-refractivity contribution in [2.45, 2.75) is 4.12 Å². The van der Waals surface area contributed by atoms with E-state index in [0.717, 1.165) is 16.5 Å². The van der Waals surface area contributed by atoms with Crippen molar-refractivity contribution in [3.8, 4) is 0 Å². The number of hydrogen-bond donors (Lipinski definition) is 0. The third-order valence-electron chi connectivity index (χ3n) is 2.06. The lowest BCUT2D eigenvalue weighted by molar-refractivity contribution is 0.779. The summed E-state index contributed by atoms with van der Waals surface area (Å²) in [5, 5.41) is 5.35. The van der Waals surface area contributed by atoms with E-state index in [0.29, 0.717) is 0 Å². The maximum atomic E-state index is 5.71. The molecule has 0 atom stereocenters. The minimum atomic E-state index is -0.987. The smallest absolute Gasteiger partial charge is 0.0925 e. The second kappa shape index (κ2) is 3.16. The molecular formula is C9H7B2BrN2. The van der Waals surface area contributed by atoms with Crippen LogP contribution in [-0.4, -0.2) is 25.5 Å². The molecule has 0 N–H and O–H groups in total. The molecule has 2 aromatic rings. The summed E-state index contributed by atoms with van der Waals surface area (Å²) >= 11 is 3.20. The van der Waals surface area contributed by atoms with Gasteiger partial charge < -0.3 is 0 Å². The number of alkyl halides is 1. The van der Waals surface area contributed by atoms with Gasteiger partial charge in [-0.3, -0.25) is 4.68 Å². The molecule has 2 rings (SSSR count). The first kappa shape index (κ1) is 9.84. The van der Waals surface area contributed by atoms with Crippen molar-refractivity contribution in [3.63, 3.8) is 0 Å². The highest BCUT2D eigenvalue weighted by Crippen LogP contribution is 2.26. The highest BCUT2D eigenvalue weighted by Gasteiger charge is 2.15. The van der Waals surface area contributed by atoms with Crippen LogP contribution in [0.5, 0.6) is 0 Å². The molecule has 0 aliphatic rings. The molecule has 0 spiro atoms. The second-order valence-electron chi connectivity index (χ2n) is 3.34. The summed E-state index contributed by atoms with van der Waals surface area (Å²) in [6.07, 6.45) is 1.95. The fourth-order valence-corrected chi connectivity index (χ4v) is 1.62. The third kappa shape index (κ3) is 1.73. The maximum Gasteiger partial charge on any atom is 0.0925 e. The van der Waals surface area contributed by atoms with Crippen LogP contribution in [0.1, 0.15) is 5.56 Å². The third-order valence-corrected chi connectivity index (χ3v) is 2.52. The van der Waals surface area contributed by atoms with Gasteiger partial charge in [0, 0.05) is 18.6 Å². The van der Waals surface area contributed by atoms with Crippen molar-refractivity contribution in [2.75, 3.05) is 0 Å². The number of fused-ring (bicyclic) bond motifs is 1. The first-order valence-corrected chi connectivity index (χ1v) is 4.97. The summed E-state index contributed by atoms with van der Waals surface area (Å²) < 4.78 is 0.774. The van der Waals surface area contributed by atoms with E-state index in [9.17, 15) is 0 Å². The Labute approximate surface area is 93.6 Å². The van der Waals surface area contributed by atoms with Crippen LogP contribution in [0.3, 0.4) is 0 Å². The molecule has 0 saturated heterocycles. The molecular weight excluding hydrogens is 238 g/mol. The highest BCUT2D eigenvalue weighted by atomic mass is 79.9. The molecule has 0 aliphatic carbocycles. The Kier molecular flexibility index (Phi) is 2.22. The van der Waals surface area contributed by atoms with Crippen LogP contribution in [0.4, 0.5) is 0 Å². The van der Waals surface area contributed by atoms with Crippen molar-refractivity contribution < 1.29 is 0 Å². The molecule has 1 heterocycles. The van der Waals surface area contributed by atoms with Crippen LogP contribution in [0.15, 0.2) is 24.4 Å². The van der Waals surface area contributed by atoms with Crippen molar-refractivity contribution in [2.24, 2.45) is 7.05 Å². The molecule has 0 fully saturated rings. The van der Waals surface area contributed by atoms with Gasteiger partial charge in [0.1, 0.15) is 0 Å². The Morgan fingerprint density at radius 1 is 1.43 bits per heavy atom. The Balaban J connectivity index is 2.62. The molecule has 4 radical (unpaired) electrons. The van der Waals surface area contributed by atoms with Crippen LogP contribution >= 0.6 is 15.9 Å². The van der Waals surface area contributed by atoms with E-state index in [1.165, 1.54) is 0 Å². The lowest BCUT2D eigenvalue weighted by Gasteiger charge is -2.17. The molecule has 0 bridgehead atoms. The number of aromatic nitrogens is 2. The van der Waals surface area contributed by atoms with E-state index in [1.54, 1.807) is 4.68 Å². The van der Waals surface area contributed by atoms with E-state index in [4.69, 9.17) is 15.7 Å². The first-order valence-electron chi connectivity index (χ1n) is 4.17. The number of aryl methyl sites for hydroxylation is 1. The van der Waals surface area contributed by atoms with Gasteiger partial charge in [-0.05, 0) is 15.8 Å². The first-order chi connectivity index (χ1) is 6.47. The number of nitrogens with zero attached hydrogens (tertiary/aromatic N) is 2. The fraction of sp³-hybridized carbons (Fsp3) is 0.222. The summed E-state index contributed by atoms with van der Waals surface area (Å²) in [6.45, 7) is 0. The van der Waals surface area contributed by atoms with Crippen LogP contribution < -0.4 is 0 Å². The van der Waals surface area contributed by atoms with Crippen LogP contribution in [0.25, 0.3) is 10.9 Å². The lowest BCUT2D eigenvalue weighted by Crippen LogP contribution is -2.17. The molecule has 1 aromatic carbocycles. The van der Waals surface area contributed by atoms with E-state index in [-0.39, 0.29) is 0 Å². The Hall–Kier alpha value is -0.700. The molecule has 1 aromatic heterocycles. The zero-order valence-electron chi connectivity index (χ0n) is 7.74. The number of rotatable bonds is 1. The van der Waals surface area contributed by atoms with Gasteiger partial charge in [0.15, 0.2) is 0 Å². The lowest BCUT2D eigenvalue weighted by atomic mass is 9.66. The average Bonchev–Trinajstić information content (AvgIpc) is 2.41. The maximum absolute atomic E-state index is 5.71. The summed E-state index contributed by atoms with van der Waals surface area (Å²) in [6, 6.07) is 5.72. The number of hydrogen-bond acceptors (Lipinski definition) is 1. The van der Waals surface area contributed by atoms with Crippen LogP contribution in [-0.2, 0) is 11.2 Å². The van der Waals surface area contributed by atoms with Gasteiger partial charge in [-0.25, -0.2) is 0 Å². The Morgan fingerprint density at radius 3 is 2.79 bits per heavy atom. The molecule has 0 aliphatic heterocycles. The standard InChI is InChI=1S/C9H7B2BrN2/c1-14-5-6-2-3-7(9(10,11)12)4-8(6)13-14/h2-5H,1H3. The Morgan fingerprint density at radius 2 is 2.14 bits per heavy atom. The van der Waals surface area contributed by atoms with Gasteiger partial charge in [0.05, 0.1) is 21.2 Å². The van der Waals surface area contributed by atoms with Crippen molar-refractivity contribution >= 4 is 42.5 Å². The quantitative estimate of drug-likeness (QED) is 0.548. The number of halogens is 1. The van der Waals surface area contributed by atoms with E-state index in [2.05, 4.69) is 21.0 Å². The largest absolute Gasteiger partial charge is 0.275 e. The summed E-state index contributed by atoms with van der Waals surface area (Å²) in [7, 11) is 13.3. The van der Waals surface area contributed by atoms with Gasteiger partial charge >= 0.3 is 0 Å².